The van der Waals surface area contributed by atoms with Crippen LogP contribution in [0.3, 0.4) is 0 Å². The number of H-pyrrole nitrogens is 2. The van der Waals surface area contributed by atoms with Crippen LogP contribution in [0.1, 0.15) is 15.9 Å². The van der Waals surface area contributed by atoms with Crippen LogP contribution in [0.4, 0.5) is 0 Å². The van der Waals surface area contributed by atoms with Gasteiger partial charge in [-0.3, -0.25) is 14.7 Å². The first-order chi connectivity index (χ1) is 15.4. The number of benzene rings is 2. The number of aromatic nitrogens is 4. The highest BCUT2D eigenvalue weighted by atomic mass is 16.2. The third-order valence-corrected chi connectivity index (χ3v) is 5.96. The minimum atomic E-state index is -0.596. The summed E-state index contributed by atoms with van der Waals surface area (Å²) in [6, 6.07) is 10.9. The molecule has 9 heteroatoms. The van der Waals surface area contributed by atoms with Crippen molar-refractivity contribution in [1.29, 1.82) is 0 Å². The number of nitrogens with one attached hydrogen (secondary N) is 2. The van der Waals surface area contributed by atoms with E-state index in [0.717, 1.165) is 29.6 Å². The standard InChI is InChI=1S/C23H23N7O2/c1-13(21(24)31)15-4-3-5-17-19(15)20(28-27-17)22-25-16-7-6-14(12-18(16)26-22)23(32)30-10-8-29(2)9-11-30/h3-7,12H,1,8-11H2,2H3,(H2,24,31)(H,25,26)(H,27,28). The zero-order valence-electron chi connectivity index (χ0n) is 17.7. The molecule has 1 aliphatic heterocycles. The predicted octanol–water partition coefficient (Wildman–Crippen LogP) is 1.99. The number of rotatable bonds is 4. The second-order valence-corrected chi connectivity index (χ2v) is 8.06. The number of piperazine rings is 1. The van der Waals surface area contributed by atoms with Crippen LogP contribution in [0, 0.1) is 0 Å². The lowest BCUT2D eigenvalue weighted by molar-refractivity contribution is -0.112. The number of fused-ring (bicyclic) bond motifs is 2. The fourth-order valence-electron chi connectivity index (χ4n) is 4.08. The van der Waals surface area contributed by atoms with Crippen molar-refractivity contribution in [3.8, 4) is 11.5 Å². The van der Waals surface area contributed by atoms with Gasteiger partial charge in [0.05, 0.1) is 16.6 Å². The smallest absolute Gasteiger partial charge is 0.254 e. The van der Waals surface area contributed by atoms with Gasteiger partial charge < -0.3 is 20.5 Å². The molecule has 2 aromatic carbocycles. The van der Waals surface area contributed by atoms with Gasteiger partial charge in [-0.25, -0.2) is 4.98 Å². The van der Waals surface area contributed by atoms with Gasteiger partial charge in [-0.2, -0.15) is 5.10 Å². The first-order valence-corrected chi connectivity index (χ1v) is 10.4. The summed E-state index contributed by atoms with van der Waals surface area (Å²) in [6.45, 7) is 6.99. The van der Waals surface area contributed by atoms with Gasteiger partial charge in [-0.15, -0.1) is 0 Å². The Labute approximate surface area is 183 Å². The molecule has 9 nitrogen and oxygen atoms in total. The van der Waals surface area contributed by atoms with E-state index in [1.165, 1.54) is 0 Å². The molecule has 162 valence electrons. The second kappa shape index (κ2) is 7.61. The van der Waals surface area contributed by atoms with Crippen molar-refractivity contribution < 1.29 is 9.59 Å². The van der Waals surface area contributed by atoms with Gasteiger partial charge in [0.1, 0.15) is 5.69 Å². The SMILES string of the molecule is C=C(C(N)=O)c1cccc2[nH]nc(-c3nc4ccc(C(=O)N5CCN(C)CC5)cc4[nH]3)c12. The van der Waals surface area contributed by atoms with Crippen LogP contribution in [-0.4, -0.2) is 75.0 Å². The van der Waals surface area contributed by atoms with Crippen molar-refractivity contribution in [2.45, 2.75) is 0 Å². The summed E-state index contributed by atoms with van der Waals surface area (Å²) in [4.78, 5) is 36.7. The number of aromatic amines is 2. The van der Waals surface area contributed by atoms with Crippen LogP contribution in [-0.2, 0) is 4.79 Å². The Hall–Kier alpha value is -3.98. The summed E-state index contributed by atoms with van der Waals surface area (Å²) in [5.41, 5.74) is 9.64. The molecule has 1 fully saturated rings. The third-order valence-electron chi connectivity index (χ3n) is 5.96. The maximum absolute atomic E-state index is 12.9. The van der Waals surface area contributed by atoms with Gasteiger partial charge in [0.15, 0.2) is 5.82 Å². The molecule has 4 aromatic rings. The molecule has 0 spiro atoms. The molecule has 0 radical (unpaired) electrons. The highest BCUT2D eigenvalue weighted by Crippen LogP contribution is 2.32. The van der Waals surface area contributed by atoms with Crippen LogP contribution < -0.4 is 5.73 Å². The molecule has 0 aliphatic carbocycles. The number of carbonyl (C=O) groups excluding carboxylic acids is 2. The zero-order valence-corrected chi connectivity index (χ0v) is 17.7. The fraction of sp³-hybridized carbons (Fsp3) is 0.217. The van der Waals surface area contributed by atoms with Gasteiger partial charge in [0.25, 0.3) is 5.91 Å². The summed E-state index contributed by atoms with van der Waals surface area (Å²) in [5.74, 6) is -0.0529. The van der Waals surface area contributed by atoms with Gasteiger partial charge in [-0.1, -0.05) is 18.7 Å². The summed E-state index contributed by atoms with van der Waals surface area (Å²) >= 11 is 0. The number of nitrogens with two attached hydrogens (primary N) is 1. The van der Waals surface area contributed by atoms with E-state index in [1.54, 1.807) is 12.1 Å². The van der Waals surface area contributed by atoms with Crippen LogP contribution in [0.2, 0.25) is 0 Å². The summed E-state index contributed by atoms with van der Waals surface area (Å²) in [7, 11) is 2.06. The van der Waals surface area contributed by atoms with Crippen molar-refractivity contribution in [3.63, 3.8) is 0 Å². The van der Waals surface area contributed by atoms with E-state index in [-0.39, 0.29) is 11.5 Å². The van der Waals surface area contributed by atoms with Gasteiger partial charge in [0.2, 0.25) is 5.91 Å². The molecule has 32 heavy (non-hydrogen) atoms. The molecule has 0 unspecified atom stereocenters. The Morgan fingerprint density at radius 3 is 2.62 bits per heavy atom. The van der Waals surface area contributed by atoms with E-state index in [9.17, 15) is 9.59 Å². The Morgan fingerprint density at radius 2 is 1.88 bits per heavy atom. The number of carbonyl (C=O) groups is 2. The minimum Gasteiger partial charge on any atom is -0.366 e. The molecule has 1 aliphatic rings. The van der Waals surface area contributed by atoms with Crippen LogP contribution in [0.15, 0.2) is 43.0 Å². The molecular formula is C23H23N7O2. The lowest BCUT2D eigenvalue weighted by atomic mass is 10.0. The molecule has 5 rings (SSSR count). The van der Waals surface area contributed by atoms with Gasteiger partial charge >= 0.3 is 0 Å². The zero-order chi connectivity index (χ0) is 22.4. The highest BCUT2D eigenvalue weighted by Gasteiger charge is 2.22. The summed E-state index contributed by atoms with van der Waals surface area (Å²) in [5, 5.41) is 8.09. The largest absolute Gasteiger partial charge is 0.366 e. The first-order valence-electron chi connectivity index (χ1n) is 10.4. The van der Waals surface area contributed by atoms with Crippen molar-refractivity contribution in [3.05, 3.63) is 54.1 Å². The number of primary amides is 1. The lowest BCUT2D eigenvalue weighted by Gasteiger charge is -2.32. The molecule has 2 amide bonds. The van der Waals surface area contributed by atoms with E-state index in [0.29, 0.717) is 41.1 Å². The average Bonchev–Trinajstić information content (AvgIpc) is 3.41. The van der Waals surface area contributed by atoms with Crippen LogP contribution in [0.5, 0.6) is 0 Å². The third kappa shape index (κ3) is 3.32. The van der Waals surface area contributed by atoms with E-state index < -0.39 is 5.91 Å². The average molecular weight is 429 g/mol. The van der Waals surface area contributed by atoms with Crippen molar-refractivity contribution in [2.75, 3.05) is 33.2 Å². The van der Waals surface area contributed by atoms with E-state index >= 15 is 0 Å². The number of hydrogen-bond donors (Lipinski definition) is 3. The number of nitrogens with zero attached hydrogens (tertiary/aromatic N) is 4. The number of hydrogen-bond acceptors (Lipinski definition) is 5. The highest BCUT2D eigenvalue weighted by molar-refractivity contribution is 6.22. The quantitative estimate of drug-likeness (QED) is 0.428. The number of imidazole rings is 1. The van der Waals surface area contributed by atoms with Crippen LogP contribution >= 0.6 is 0 Å². The summed E-state index contributed by atoms with van der Waals surface area (Å²) < 4.78 is 0. The first kappa shape index (κ1) is 20.0. The normalized spacial score (nSPS) is 14.8. The number of amides is 2. The molecular weight excluding hydrogens is 406 g/mol. The predicted molar refractivity (Wildman–Crippen MR) is 123 cm³/mol. The molecule has 3 heterocycles. The molecule has 0 bridgehead atoms. The Kier molecular flexibility index (Phi) is 4.75. The molecule has 2 aromatic heterocycles. The molecule has 4 N–H and O–H groups in total. The van der Waals surface area contributed by atoms with E-state index in [4.69, 9.17) is 5.73 Å². The fourth-order valence-corrected chi connectivity index (χ4v) is 4.08. The molecule has 0 atom stereocenters. The van der Waals surface area contributed by atoms with E-state index in [2.05, 4.69) is 38.7 Å². The molecule has 1 saturated heterocycles. The van der Waals surface area contributed by atoms with Crippen LogP contribution in [0.25, 0.3) is 39.0 Å². The monoisotopic (exact) mass is 429 g/mol. The van der Waals surface area contributed by atoms with Crippen molar-refractivity contribution in [2.24, 2.45) is 5.73 Å². The minimum absolute atomic E-state index is 0.0152. The van der Waals surface area contributed by atoms with E-state index in [1.807, 2.05) is 29.2 Å². The van der Waals surface area contributed by atoms with Crippen molar-refractivity contribution in [1.82, 2.24) is 30.0 Å². The Bertz CT molecular complexity index is 1380. The Balaban J connectivity index is 1.54. The number of likely N-dealkylation sites (N-methyl/N-ethyl adjacent to an activating group) is 1. The molecule has 0 saturated carbocycles. The second-order valence-electron chi connectivity index (χ2n) is 8.06. The maximum Gasteiger partial charge on any atom is 0.254 e. The van der Waals surface area contributed by atoms with Crippen molar-refractivity contribution >= 4 is 39.3 Å². The summed E-state index contributed by atoms with van der Waals surface area (Å²) in [6.07, 6.45) is 0. The Morgan fingerprint density at radius 1 is 1.09 bits per heavy atom. The lowest BCUT2D eigenvalue weighted by Crippen LogP contribution is -2.47. The topological polar surface area (TPSA) is 124 Å². The maximum atomic E-state index is 12.9. The van der Waals surface area contributed by atoms with Gasteiger partial charge in [-0.05, 0) is 36.9 Å². The van der Waals surface area contributed by atoms with Gasteiger partial charge in [0, 0.05) is 42.7 Å².